The summed E-state index contributed by atoms with van der Waals surface area (Å²) in [4.78, 5) is -0.500. The molecule has 1 unspecified atom stereocenters. The van der Waals surface area contributed by atoms with Gasteiger partial charge in [0.05, 0.1) is 11.4 Å². The summed E-state index contributed by atoms with van der Waals surface area (Å²) in [5, 5.41) is 0. The molecule has 1 atom stereocenters. The van der Waals surface area contributed by atoms with E-state index in [4.69, 9.17) is 4.74 Å². The van der Waals surface area contributed by atoms with E-state index in [9.17, 15) is 8.78 Å². The van der Waals surface area contributed by atoms with Gasteiger partial charge < -0.3 is 4.74 Å². The Bertz CT molecular complexity index is 549. The minimum absolute atomic E-state index is 0.0390. The number of benzene rings is 2. The van der Waals surface area contributed by atoms with E-state index in [1.54, 1.807) is 7.11 Å². The highest BCUT2D eigenvalue weighted by atomic mass is 79.9. The van der Waals surface area contributed by atoms with E-state index in [2.05, 4.69) is 15.9 Å². The Balaban J connectivity index is 2.23. The Morgan fingerprint density at radius 3 is 2.20 bits per heavy atom. The van der Waals surface area contributed by atoms with Gasteiger partial charge in [0.1, 0.15) is 11.6 Å². The second-order valence-corrected chi connectivity index (χ2v) is 5.40. The highest BCUT2D eigenvalue weighted by molar-refractivity contribution is 9.09. The Labute approximate surface area is 125 Å². The van der Waals surface area contributed by atoms with Crippen molar-refractivity contribution in [3.63, 3.8) is 0 Å². The van der Waals surface area contributed by atoms with Gasteiger partial charge in [-0.25, -0.2) is 8.78 Å². The molecule has 0 radical (unpaired) electrons. The van der Waals surface area contributed by atoms with Crippen LogP contribution in [0.3, 0.4) is 0 Å². The molecular formula is C16H15BrF2O. The Kier molecular flexibility index (Phi) is 5.26. The normalized spacial score (nSPS) is 12.4. The van der Waals surface area contributed by atoms with Gasteiger partial charge in [-0.3, -0.25) is 0 Å². The second-order valence-electron chi connectivity index (χ2n) is 4.48. The first kappa shape index (κ1) is 15.1. The van der Waals surface area contributed by atoms with Crippen LogP contribution >= 0.6 is 15.9 Å². The first-order chi connectivity index (χ1) is 9.63. The van der Waals surface area contributed by atoms with Crippen molar-refractivity contribution >= 4 is 15.9 Å². The molecule has 0 fully saturated rings. The third-order valence-corrected chi connectivity index (χ3v) is 4.11. The minimum atomic E-state index is -0.546. The van der Waals surface area contributed by atoms with Gasteiger partial charge in [-0.2, -0.15) is 0 Å². The molecule has 0 bridgehead atoms. The maximum Gasteiger partial charge on any atom is 0.130 e. The lowest BCUT2D eigenvalue weighted by Crippen LogP contribution is -2.01. The van der Waals surface area contributed by atoms with Gasteiger partial charge in [-0.1, -0.05) is 46.3 Å². The topological polar surface area (TPSA) is 9.23 Å². The lowest BCUT2D eigenvalue weighted by Gasteiger charge is -2.13. The Morgan fingerprint density at radius 2 is 1.65 bits per heavy atom. The Hall–Kier alpha value is -1.26. The number of hydrogen-bond acceptors (Lipinski definition) is 1. The zero-order valence-corrected chi connectivity index (χ0v) is 12.7. The first-order valence-electron chi connectivity index (χ1n) is 6.29. The van der Waals surface area contributed by atoms with Gasteiger partial charge in [-0.05, 0) is 29.7 Å². The predicted octanol–water partition coefficient (Wildman–Crippen LogP) is 4.64. The zero-order valence-electron chi connectivity index (χ0n) is 11.1. The molecule has 0 aliphatic carbocycles. The second kappa shape index (κ2) is 6.95. The third-order valence-electron chi connectivity index (χ3n) is 3.12. The summed E-state index contributed by atoms with van der Waals surface area (Å²) in [6.07, 6.45) is 0.817. The lowest BCUT2D eigenvalue weighted by molar-refractivity contribution is 0.202. The molecule has 0 aliphatic rings. The quantitative estimate of drug-likeness (QED) is 0.720. The largest absolute Gasteiger partial charge is 0.384 e. The highest BCUT2D eigenvalue weighted by Crippen LogP contribution is 2.34. The van der Waals surface area contributed by atoms with E-state index < -0.39 is 16.5 Å². The lowest BCUT2D eigenvalue weighted by atomic mass is 10.0. The van der Waals surface area contributed by atoms with Crippen molar-refractivity contribution in [1.82, 2.24) is 0 Å². The van der Waals surface area contributed by atoms with Crippen molar-refractivity contribution in [3.8, 4) is 0 Å². The Morgan fingerprint density at radius 1 is 1.05 bits per heavy atom. The fourth-order valence-corrected chi connectivity index (χ4v) is 2.74. The van der Waals surface area contributed by atoms with Crippen molar-refractivity contribution in [3.05, 3.63) is 70.8 Å². The molecule has 20 heavy (non-hydrogen) atoms. The third kappa shape index (κ3) is 3.44. The van der Waals surface area contributed by atoms with Gasteiger partial charge in [-0.15, -0.1) is 0 Å². The summed E-state index contributed by atoms with van der Waals surface area (Å²) < 4.78 is 32.5. The minimum Gasteiger partial charge on any atom is -0.384 e. The number of ether oxygens (including phenoxy) is 1. The van der Waals surface area contributed by atoms with Crippen LogP contribution in [0.1, 0.15) is 21.5 Å². The summed E-state index contributed by atoms with van der Waals surface area (Å²) in [5.74, 6) is -1.09. The summed E-state index contributed by atoms with van der Waals surface area (Å²) >= 11 is 3.37. The van der Waals surface area contributed by atoms with Crippen molar-refractivity contribution in [2.75, 3.05) is 13.7 Å². The molecule has 106 valence electrons. The van der Waals surface area contributed by atoms with Crippen LogP contribution in [0.25, 0.3) is 0 Å². The first-order valence-corrected chi connectivity index (χ1v) is 7.21. The summed E-state index contributed by atoms with van der Waals surface area (Å²) in [6, 6.07) is 11.5. The number of halogens is 3. The fraction of sp³-hybridized carbons (Fsp3) is 0.250. The highest BCUT2D eigenvalue weighted by Gasteiger charge is 2.18. The molecule has 0 aliphatic heterocycles. The number of hydrogen-bond donors (Lipinski definition) is 0. The molecule has 2 rings (SSSR count). The van der Waals surface area contributed by atoms with Crippen LogP contribution in [0.15, 0.2) is 42.5 Å². The SMILES string of the molecule is COCCc1ccc(C(Br)c2c(F)cccc2F)cc1. The smallest absolute Gasteiger partial charge is 0.130 e. The van der Waals surface area contributed by atoms with Crippen molar-refractivity contribution in [2.45, 2.75) is 11.2 Å². The fourth-order valence-electron chi connectivity index (χ4n) is 1.99. The van der Waals surface area contributed by atoms with Crippen LogP contribution in [0, 0.1) is 11.6 Å². The van der Waals surface area contributed by atoms with Gasteiger partial charge in [0.15, 0.2) is 0 Å². The van der Waals surface area contributed by atoms with Gasteiger partial charge in [0.2, 0.25) is 0 Å². The van der Waals surface area contributed by atoms with Crippen LogP contribution in [0.2, 0.25) is 0 Å². The van der Waals surface area contributed by atoms with E-state index in [1.165, 1.54) is 18.2 Å². The van der Waals surface area contributed by atoms with Crippen molar-refractivity contribution in [1.29, 1.82) is 0 Å². The number of methoxy groups -OCH3 is 1. The molecule has 0 aromatic heterocycles. The van der Waals surface area contributed by atoms with Crippen LogP contribution < -0.4 is 0 Å². The molecule has 0 saturated carbocycles. The summed E-state index contributed by atoms with van der Waals surface area (Å²) in [6.45, 7) is 0.652. The van der Waals surface area contributed by atoms with E-state index in [0.29, 0.717) is 6.61 Å². The molecule has 2 aromatic rings. The predicted molar refractivity (Wildman–Crippen MR) is 79.2 cm³/mol. The monoisotopic (exact) mass is 340 g/mol. The molecule has 0 heterocycles. The summed E-state index contributed by atoms with van der Waals surface area (Å²) in [7, 11) is 1.66. The standard InChI is InChI=1S/C16H15BrF2O/c1-20-10-9-11-5-7-12(8-6-11)16(17)15-13(18)3-2-4-14(15)19/h2-8,16H,9-10H2,1H3. The van der Waals surface area contributed by atoms with Gasteiger partial charge in [0, 0.05) is 12.7 Å². The molecule has 0 saturated heterocycles. The number of rotatable bonds is 5. The average Bonchev–Trinajstić information content (AvgIpc) is 2.45. The van der Waals surface area contributed by atoms with Crippen molar-refractivity contribution in [2.24, 2.45) is 0 Å². The average molecular weight is 341 g/mol. The molecule has 2 aromatic carbocycles. The van der Waals surface area contributed by atoms with Crippen LogP contribution in [-0.4, -0.2) is 13.7 Å². The number of alkyl halides is 1. The van der Waals surface area contributed by atoms with E-state index >= 15 is 0 Å². The molecule has 4 heteroatoms. The van der Waals surface area contributed by atoms with Gasteiger partial charge in [0.25, 0.3) is 0 Å². The molecule has 0 amide bonds. The van der Waals surface area contributed by atoms with Crippen LogP contribution in [0.5, 0.6) is 0 Å². The summed E-state index contributed by atoms with van der Waals surface area (Å²) in [5.41, 5.74) is 1.98. The maximum absolute atomic E-state index is 13.7. The maximum atomic E-state index is 13.7. The molecular weight excluding hydrogens is 326 g/mol. The van der Waals surface area contributed by atoms with Crippen molar-refractivity contribution < 1.29 is 13.5 Å². The van der Waals surface area contributed by atoms with E-state index in [0.717, 1.165) is 17.5 Å². The van der Waals surface area contributed by atoms with Crippen LogP contribution in [-0.2, 0) is 11.2 Å². The van der Waals surface area contributed by atoms with Gasteiger partial charge >= 0.3 is 0 Å². The molecule has 1 nitrogen and oxygen atoms in total. The van der Waals surface area contributed by atoms with E-state index in [-0.39, 0.29) is 5.56 Å². The molecule has 0 N–H and O–H groups in total. The molecule has 0 spiro atoms. The zero-order chi connectivity index (χ0) is 14.5. The van der Waals surface area contributed by atoms with Crippen LogP contribution in [0.4, 0.5) is 8.78 Å². The van der Waals surface area contributed by atoms with E-state index in [1.807, 2.05) is 24.3 Å².